The van der Waals surface area contributed by atoms with Gasteiger partial charge in [0.25, 0.3) is 0 Å². The van der Waals surface area contributed by atoms with Gasteiger partial charge in [-0.2, -0.15) is 4.98 Å². The average Bonchev–Trinajstić information content (AvgIpc) is 2.91. The van der Waals surface area contributed by atoms with E-state index in [1.807, 2.05) is 31.3 Å². The van der Waals surface area contributed by atoms with Gasteiger partial charge >= 0.3 is 0 Å². The number of ether oxygens (including phenoxy) is 1. The Morgan fingerprint density at radius 2 is 2.00 bits per heavy atom. The Morgan fingerprint density at radius 1 is 1.26 bits per heavy atom. The summed E-state index contributed by atoms with van der Waals surface area (Å²) in [4.78, 5) is 6.56. The molecule has 0 amide bonds. The van der Waals surface area contributed by atoms with Crippen LogP contribution in [-0.2, 0) is 13.0 Å². The van der Waals surface area contributed by atoms with Gasteiger partial charge in [0.1, 0.15) is 5.75 Å². The molecular weight excluding hydrogens is 314 g/mol. The molecule has 1 aromatic heterocycles. The van der Waals surface area contributed by atoms with Crippen molar-refractivity contribution in [2.45, 2.75) is 33.2 Å². The fourth-order valence-corrected chi connectivity index (χ4v) is 2.29. The first-order chi connectivity index (χ1) is 11.0. The van der Waals surface area contributed by atoms with Crippen LogP contribution in [0, 0.1) is 5.92 Å². The van der Waals surface area contributed by atoms with Crippen molar-refractivity contribution in [1.29, 1.82) is 0 Å². The molecule has 0 saturated heterocycles. The Balaban J connectivity index is 1.65. The predicted octanol–water partition coefficient (Wildman–Crippen LogP) is 3.82. The lowest BCUT2D eigenvalue weighted by Gasteiger charge is -2.14. The molecule has 0 spiro atoms. The highest BCUT2D eigenvalue weighted by Crippen LogP contribution is 2.15. The first-order valence-electron chi connectivity index (χ1n) is 7.91. The monoisotopic (exact) mass is 337 g/mol. The third kappa shape index (κ3) is 6.59. The Labute approximate surface area is 142 Å². The lowest BCUT2D eigenvalue weighted by atomic mass is 10.1. The van der Waals surface area contributed by atoms with Gasteiger partial charge in [0.05, 0.1) is 13.2 Å². The van der Waals surface area contributed by atoms with Gasteiger partial charge in [0.2, 0.25) is 5.89 Å². The van der Waals surface area contributed by atoms with Crippen LogP contribution in [-0.4, -0.2) is 35.2 Å². The molecule has 2 rings (SSSR count). The van der Waals surface area contributed by atoms with Crippen LogP contribution in [0.15, 0.2) is 28.8 Å². The summed E-state index contributed by atoms with van der Waals surface area (Å²) in [5.41, 5.74) is 0. The minimum absolute atomic E-state index is 0.531. The third-order valence-electron chi connectivity index (χ3n) is 3.27. The summed E-state index contributed by atoms with van der Waals surface area (Å²) in [6.07, 6.45) is 1.77. The number of hydrogen-bond acceptors (Lipinski definition) is 5. The second kappa shape index (κ2) is 8.89. The summed E-state index contributed by atoms with van der Waals surface area (Å²) < 4.78 is 10.9. The fraction of sp³-hybridized carbons (Fsp3) is 0.529. The van der Waals surface area contributed by atoms with Crippen LogP contribution >= 0.6 is 11.6 Å². The summed E-state index contributed by atoms with van der Waals surface area (Å²) in [5, 5.41) is 4.72. The topological polar surface area (TPSA) is 51.4 Å². The zero-order valence-electron chi connectivity index (χ0n) is 14.0. The largest absolute Gasteiger partial charge is 0.494 e. The van der Waals surface area contributed by atoms with E-state index in [0.29, 0.717) is 30.0 Å². The maximum atomic E-state index is 5.84. The van der Waals surface area contributed by atoms with Crippen LogP contribution in [0.25, 0.3) is 0 Å². The van der Waals surface area contributed by atoms with E-state index in [2.05, 4.69) is 28.9 Å². The number of nitrogens with zero attached hydrogens (tertiary/aromatic N) is 3. The maximum absolute atomic E-state index is 5.84. The SMILES string of the molecule is CC(C)Cc1noc(CN(C)CCCOc2ccc(Cl)cc2)n1. The zero-order chi connectivity index (χ0) is 16.7. The van der Waals surface area contributed by atoms with Gasteiger partial charge in [-0.1, -0.05) is 30.6 Å². The fourth-order valence-electron chi connectivity index (χ4n) is 2.17. The zero-order valence-corrected chi connectivity index (χ0v) is 14.7. The molecule has 2 aromatic rings. The van der Waals surface area contributed by atoms with E-state index in [0.717, 1.165) is 31.0 Å². The van der Waals surface area contributed by atoms with Crippen molar-refractivity contribution in [1.82, 2.24) is 15.0 Å². The maximum Gasteiger partial charge on any atom is 0.240 e. The van der Waals surface area contributed by atoms with E-state index in [1.165, 1.54) is 0 Å². The first-order valence-corrected chi connectivity index (χ1v) is 8.29. The Hall–Kier alpha value is -1.59. The van der Waals surface area contributed by atoms with Crippen LogP contribution in [0.5, 0.6) is 5.75 Å². The summed E-state index contributed by atoms with van der Waals surface area (Å²) in [7, 11) is 2.04. The van der Waals surface area contributed by atoms with Crippen LogP contribution in [0.3, 0.4) is 0 Å². The van der Waals surface area contributed by atoms with Gasteiger partial charge in [-0.05, 0) is 43.7 Å². The highest BCUT2D eigenvalue weighted by molar-refractivity contribution is 6.30. The highest BCUT2D eigenvalue weighted by Gasteiger charge is 2.10. The van der Waals surface area contributed by atoms with Gasteiger partial charge < -0.3 is 9.26 Å². The summed E-state index contributed by atoms with van der Waals surface area (Å²) >= 11 is 5.84. The molecular formula is C17H24ClN3O2. The standard InChI is InChI=1S/C17H24ClN3O2/c1-13(2)11-16-19-17(23-20-16)12-21(3)9-4-10-22-15-7-5-14(18)6-8-15/h5-8,13H,4,9-12H2,1-3H3. The van der Waals surface area contributed by atoms with Crippen molar-refractivity contribution >= 4 is 11.6 Å². The second-order valence-electron chi connectivity index (χ2n) is 6.10. The second-order valence-corrected chi connectivity index (χ2v) is 6.53. The van der Waals surface area contributed by atoms with E-state index in [4.69, 9.17) is 20.9 Å². The Kier molecular flexibility index (Phi) is 6.86. The molecule has 0 bridgehead atoms. The average molecular weight is 338 g/mol. The molecule has 0 aliphatic rings. The molecule has 0 aliphatic carbocycles. The van der Waals surface area contributed by atoms with Gasteiger partial charge in [0.15, 0.2) is 5.82 Å². The van der Waals surface area contributed by atoms with Crippen LogP contribution in [0.2, 0.25) is 5.02 Å². The minimum Gasteiger partial charge on any atom is -0.494 e. The smallest absolute Gasteiger partial charge is 0.240 e. The van der Waals surface area contributed by atoms with Crippen LogP contribution in [0.1, 0.15) is 32.0 Å². The van der Waals surface area contributed by atoms with Gasteiger partial charge in [0, 0.05) is 18.0 Å². The molecule has 0 fully saturated rings. The summed E-state index contributed by atoms with van der Waals surface area (Å²) in [6.45, 7) is 6.50. The van der Waals surface area contributed by atoms with Gasteiger partial charge in [-0.3, -0.25) is 4.90 Å². The van der Waals surface area contributed by atoms with Gasteiger partial charge in [-0.15, -0.1) is 0 Å². The summed E-state index contributed by atoms with van der Waals surface area (Å²) in [5.74, 6) is 2.83. The molecule has 0 atom stereocenters. The van der Waals surface area contributed by atoms with Crippen molar-refractivity contribution in [2.24, 2.45) is 5.92 Å². The molecule has 0 aliphatic heterocycles. The Bertz CT molecular complexity index is 584. The normalized spacial score (nSPS) is 11.4. The molecule has 0 saturated carbocycles. The molecule has 6 heteroatoms. The molecule has 5 nitrogen and oxygen atoms in total. The number of halogens is 1. The third-order valence-corrected chi connectivity index (χ3v) is 3.52. The predicted molar refractivity (Wildman–Crippen MR) is 90.7 cm³/mol. The van der Waals surface area contributed by atoms with E-state index in [9.17, 15) is 0 Å². The van der Waals surface area contributed by atoms with Crippen molar-refractivity contribution in [3.8, 4) is 5.75 Å². The van der Waals surface area contributed by atoms with E-state index in [1.54, 1.807) is 0 Å². The number of hydrogen-bond donors (Lipinski definition) is 0. The van der Waals surface area contributed by atoms with E-state index in [-0.39, 0.29) is 0 Å². The Morgan fingerprint density at radius 3 is 2.70 bits per heavy atom. The molecule has 0 radical (unpaired) electrons. The van der Waals surface area contributed by atoms with Gasteiger partial charge in [-0.25, -0.2) is 0 Å². The quantitative estimate of drug-likeness (QED) is 0.651. The molecule has 0 unspecified atom stereocenters. The van der Waals surface area contributed by atoms with E-state index >= 15 is 0 Å². The van der Waals surface area contributed by atoms with Crippen LogP contribution < -0.4 is 4.74 Å². The lowest BCUT2D eigenvalue weighted by Crippen LogP contribution is -2.21. The van der Waals surface area contributed by atoms with Crippen molar-refractivity contribution in [2.75, 3.05) is 20.2 Å². The van der Waals surface area contributed by atoms with Crippen molar-refractivity contribution < 1.29 is 9.26 Å². The number of benzene rings is 1. The van der Waals surface area contributed by atoms with Crippen molar-refractivity contribution in [3.63, 3.8) is 0 Å². The molecule has 0 N–H and O–H groups in total. The van der Waals surface area contributed by atoms with Crippen LogP contribution in [0.4, 0.5) is 0 Å². The number of aromatic nitrogens is 2. The molecule has 1 aromatic carbocycles. The highest BCUT2D eigenvalue weighted by atomic mass is 35.5. The molecule has 126 valence electrons. The minimum atomic E-state index is 0.531. The molecule has 23 heavy (non-hydrogen) atoms. The molecule has 1 heterocycles. The van der Waals surface area contributed by atoms with E-state index < -0.39 is 0 Å². The van der Waals surface area contributed by atoms with Crippen molar-refractivity contribution in [3.05, 3.63) is 41.0 Å². The first kappa shape index (κ1) is 17.8. The lowest BCUT2D eigenvalue weighted by molar-refractivity contribution is 0.235. The number of rotatable bonds is 9. The summed E-state index contributed by atoms with van der Waals surface area (Å²) in [6, 6.07) is 7.40.